The second-order valence-corrected chi connectivity index (χ2v) is 4.48. The smallest absolute Gasteiger partial charge is 0.152 e. The maximum absolute atomic E-state index is 11.8. The number of benzene rings is 1. The van der Waals surface area contributed by atoms with Crippen LogP contribution >= 0.6 is 0 Å². The van der Waals surface area contributed by atoms with E-state index in [4.69, 9.17) is 0 Å². The highest BCUT2D eigenvalue weighted by Gasteiger charge is 2.11. The standard InChI is InChI=1S/C14H19N3O/c1-3-8-15-10-11(18)9-13-12-6-4-5-7-14(12)17(2)16-13/h4-7,15H,3,8-10H2,1-2H3. The van der Waals surface area contributed by atoms with Gasteiger partial charge in [0.1, 0.15) is 0 Å². The molecule has 0 atom stereocenters. The SMILES string of the molecule is CCCNCC(=O)Cc1nn(C)c2ccccc12. The summed E-state index contributed by atoms with van der Waals surface area (Å²) in [6.07, 6.45) is 1.44. The van der Waals surface area contributed by atoms with Gasteiger partial charge < -0.3 is 5.32 Å². The van der Waals surface area contributed by atoms with Gasteiger partial charge in [0.2, 0.25) is 0 Å². The van der Waals surface area contributed by atoms with Crippen LogP contribution in [0.2, 0.25) is 0 Å². The van der Waals surface area contributed by atoms with Crippen molar-refractivity contribution < 1.29 is 4.79 Å². The zero-order valence-corrected chi connectivity index (χ0v) is 10.9. The number of fused-ring (bicyclic) bond motifs is 1. The van der Waals surface area contributed by atoms with Crippen molar-refractivity contribution in [1.82, 2.24) is 15.1 Å². The Balaban J connectivity index is 2.10. The molecule has 1 N–H and O–H groups in total. The normalized spacial score (nSPS) is 11.0. The lowest BCUT2D eigenvalue weighted by Crippen LogP contribution is -2.25. The van der Waals surface area contributed by atoms with Crippen molar-refractivity contribution in [3.8, 4) is 0 Å². The molecule has 4 nitrogen and oxygen atoms in total. The third-order valence-corrected chi connectivity index (χ3v) is 2.95. The molecule has 0 unspecified atom stereocenters. The number of rotatable bonds is 6. The van der Waals surface area contributed by atoms with Crippen molar-refractivity contribution in [1.29, 1.82) is 0 Å². The minimum Gasteiger partial charge on any atom is -0.310 e. The first-order valence-electron chi connectivity index (χ1n) is 6.35. The van der Waals surface area contributed by atoms with Crippen LogP contribution in [0, 0.1) is 0 Å². The van der Waals surface area contributed by atoms with Crippen LogP contribution < -0.4 is 5.32 Å². The summed E-state index contributed by atoms with van der Waals surface area (Å²) in [7, 11) is 1.91. The first-order chi connectivity index (χ1) is 8.72. The van der Waals surface area contributed by atoms with Gasteiger partial charge in [-0.05, 0) is 19.0 Å². The van der Waals surface area contributed by atoms with Gasteiger partial charge in [0.25, 0.3) is 0 Å². The van der Waals surface area contributed by atoms with Crippen molar-refractivity contribution in [3.63, 3.8) is 0 Å². The molecule has 96 valence electrons. The van der Waals surface area contributed by atoms with Crippen LogP contribution in [0.25, 0.3) is 10.9 Å². The number of Topliss-reactive ketones (excluding diaryl/α,β-unsaturated/α-hetero) is 1. The molecule has 1 heterocycles. The van der Waals surface area contributed by atoms with Gasteiger partial charge in [0.05, 0.1) is 24.2 Å². The molecule has 18 heavy (non-hydrogen) atoms. The number of hydrogen-bond donors (Lipinski definition) is 1. The summed E-state index contributed by atoms with van der Waals surface area (Å²) in [6, 6.07) is 8.00. The Hall–Kier alpha value is -1.68. The number of ketones is 1. The van der Waals surface area contributed by atoms with E-state index < -0.39 is 0 Å². The second-order valence-electron chi connectivity index (χ2n) is 4.48. The molecule has 1 aromatic carbocycles. The molecule has 2 aromatic rings. The molecule has 0 aliphatic rings. The van der Waals surface area contributed by atoms with Crippen LogP contribution in [0.5, 0.6) is 0 Å². The summed E-state index contributed by atoms with van der Waals surface area (Å²) >= 11 is 0. The van der Waals surface area contributed by atoms with Gasteiger partial charge in [-0.3, -0.25) is 9.48 Å². The molecule has 0 radical (unpaired) electrons. The van der Waals surface area contributed by atoms with Gasteiger partial charge in [-0.15, -0.1) is 0 Å². The summed E-state index contributed by atoms with van der Waals surface area (Å²) in [6.45, 7) is 3.40. The number of aromatic nitrogens is 2. The molecule has 0 spiro atoms. The van der Waals surface area contributed by atoms with Crippen molar-refractivity contribution in [3.05, 3.63) is 30.0 Å². The van der Waals surface area contributed by atoms with Crippen molar-refractivity contribution in [2.45, 2.75) is 19.8 Å². The molecule has 4 heteroatoms. The molecule has 0 fully saturated rings. The van der Waals surface area contributed by atoms with Crippen LogP contribution in [-0.2, 0) is 18.3 Å². The summed E-state index contributed by atoms with van der Waals surface area (Å²) in [5.74, 6) is 0.187. The Bertz CT molecular complexity index is 545. The second kappa shape index (κ2) is 5.78. The van der Waals surface area contributed by atoms with E-state index in [0.717, 1.165) is 29.6 Å². The molecule has 1 aromatic heterocycles. The molecular formula is C14H19N3O. The predicted molar refractivity (Wildman–Crippen MR) is 72.6 cm³/mol. The fourth-order valence-corrected chi connectivity index (χ4v) is 2.07. The van der Waals surface area contributed by atoms with E-state index in [9.17, 15) is 4.79 Å². The first-order valence-corrected chi connectivity index (χ1v) is 6.35. The van der Waals surface area contributed by atoms with Gasteiger partial charge in [-0.1, -0.05) is 25.1 Å². The number of nitrogens with zero attached hydrogens (tertiary/aromatic N) is 2. The lowest BCUT2D eigenvalue weighted by atomic mass is 10.1. The molecule has 0 aliphatic heterocycles. The average molecular weight is 245 g/mol. The van der Waals surface area contributed by atoms with Crippen LogP contribution in [-0.4, -0.2) is 28.7 Å². The monoisotopic (exact) mass is 245 g/mol. The Kier molecular flexibility index (Phi) is 4.10. The maximum atomic E-state index is 11.8. The molecule has 0 saturated carbocycles. The van der Waals surface area contributed by atoms with Crippen molar-refractivity contribution in [2.75, 3.05) is 13.1 Å². The zero-order chi connectivity index (χ0) is 13.0. The summed E-state index contributed by atoms with van der Waals surface area (Å²) in [5.41, 5.74) is 1.94. The third-order valence-electron chi connectivity index (χ3n) is 2.95. The average Bonchev–Trinajstić information content (AvgIpc) is 2.67. The van der Waals surface area contributed by atoms with E-state index in [2.05, 4.69) is 17.3 Å². The van der Waals surface area contributed by atoms with Gasteiger partial charge >= 0.3 is 0 Å². The van der Waals surface area contributed by atoms with Crippen LogP contribution in [0.4, 0.5) is 0 Å². The van der Waals surface area contributed by atoms with Gasteiger partial charge in [0.15, 0.2) is 5.78 Å². The van der Waals surface area contributed by atoms with Crippen LogP contribution in [0.1, 0.15) is 19.0 Å². The maximum Gasteiger partial charge on any atom is 0.152 e. The van der Waals surface area contributed by atoms with E-state index in [1.54, 1.807) is 0 Å². The Labute approximate surface area is 107 Å². The highest BCUT2D eigenvalue weighted by atomic mass is 16.1. The number of para-hydroxylation sites is 1. The molecule has 0 amide bonds. The van der Waals surface area contributed by atoms with Crippen LogP contribution in [0.15, 0.2) is 24.3 Å². The van der Waals surface area contributed by atoms with Crippen LogP contribution in [0.3, 0.4) is 0 Å². The van der Waals surface area contributed by atoms with E-state index in [1.165, 1.54) is 0 Å². The van der Waals surface area contributed by atoms with Gasteiger partial charge in [0, 0.05) is 12.4 Å². The zero-order valence-electron chi connectivity index (χ0n) is 10.9. The third kappa shape index (κ3) is 2.76. The quantitative estimate of drug-likeness (QED) is 0.788. The fraction of sp³-hybridized carbons (Fsp3) is 0.429. The van der Waals surface area contributed by atoms with Crippen molar-refractivity contribution in [2.24, 2.45) is 7.05 Å². The number of nitrogens with one attached hydrogen (secondary N) is 1. The molecule has 0 saturated heterocycles. The minimum absolute atomic E-state index is 0.187. The molecule has 0 bridgehead atoms. The van der Waals surface area contributed by atoms with E-state index in [-0.39, 0.29) is 5.78 Å². The highest BCUT2D eigenvalue weighted by molar-refractivity contribution is 5.89. The van der Waals surface area contributed by atoms with Gasteiger partial charge in [-0.2, -0.15) is 5.10 Å². The predicted octanol–water partition coefficient (Wildman–Crippen LogP) is 1.68. The van der Waals surface area contributed by atoms with E-state index in [1.807, 2.05) is 36.0 Å². The van der Waals surface area contributed by atoms with E-state index in [0.29, 0.717) is 13.0 Å². The molecular weight excluding hydrogens is 226 g/mol. The highest BCUT2D eigenvalue weighted by Crippen LogP contribution is 2.17. The number of carbonyl (C=O) groups excluding carboxylic acids is 1. The Morgan fingerprint density at radius 3 is 2.94 bits per heavy atom. The summed E-state index contributed by atoms with van der Waals surface area (Å²) in [4.78, 5) is 11.8. The lowest BCUT2D eigenvalue weighted by molar-refractivity contribution is -0.117. The number of carbonyl (C=O) groups is 1. The fourth-order valence-electron chi connectivity index (χ4n) is 2.07. The summed E-state index contributed by atoms with van der Waals surface area (Å²) < 4.78 is 1.83. The minimum atomic E-state index is 0.187. The number of hydrogen-bond acceptors (Lipinski definition) is 3. The Morgan fingerprint density at radius 2 is 2.17 bits per heavy atom. The largest absolute Gasteiger partial charge is 0.310 e. The Morgan fingerprint density at radius 1 is 1.39 bits per heavy atom. The van der Waals surface area contributed by atoms with Gasteiger partial charge in [-0.25, -0.2) is 0 Å². The first kappa shape index (κ1) is 12.8. The van der Waals surface area contributed by atoms with E-state index >= 15 is 0 Å². The molecule has 2 rings (SSSR count). The van der Waals surface area contributed by atoms with Crippen molar-refractivity contribution >= 4 is 16.7 Å². The summed E-state index contributed by atoms with van der Waals surface area (Å²) in [5, 5.41) is 8.62. The lowest BCUT2D eigenvalue weighted by Gasteiger charge is -2.01. The number of aryl methyl sites for hydroxylation is 1. The molecule has 0 aliphatic carbocycles. The topological polar surface area (TPSA) is 46.9 Å².